The first-order valence-corrected chi connectivity index (χ1v) is 10.6. The van der Waals surface area contributed by atoms with Crippen LogP contribution in [0.5, 0.6) is 0 Å². The van der Waals surface area contributed by atoms with E-state index in [4.69, 9.17) is 4.98 Å². The molecule has 2 saturated heterocycles. The van der Waals surface area contributed by atoms with Crippen molar-refractivity contribution < 1.29 is 14.7 Å². The lowest BCUT2D eigenvalue weighted by Gasteiger charge is -2.38. The molecule has 2 aromatic rings. The molecule has 0 spiro atoms. The van der Waals surface area contributed by atoms with E-state index in [1.807, 2.05) is 12.1 Å². The molecule has 0 radical (unpaired) electrons. The van der Waals surface area contributed by atoms with Crippen molar-refractivity contribution in [2.24, 2.45) is 5.92 Å². The lowest BCUT2D eigenvalue weighted by molar-refractivity contribution is -0.158. The Morgan fingerprint density at radius 3 is 2.64 bits per heavy atom. The molecular weight excluding hydrogens is 376 g/mol. The summed E-state index contributed by atoms with van der Waals surface area (Å²) in [6.07, 6.45) is 1.76. The number of carboxylic acid groups (broad SMARTS) is 1. The van der Waals surface area contributed by atoms with Crippen molar-refractivity contribution in [3.63, 3.8) is 0 Å². The molecule has 0 bridgehead atoms. The molecule has 2 aliphatic heterocycles. The predicted octanol–water partition coefficient (Wildman–Crippen LogP) is 2.43. The number of carbonyl (C=O) groups is 2. The van der Waals surface area contributed by atoms with Gasteiger partial charge >= 0.3 is 11.9 Å². The van der Waals surface area contributed by atoms with Gasteiger partial charge in [-0.05, 0) is 43.5 Å². The number of anilines is 1. The summed E-state index contributed by atoms with van der Waals surface area (Å²) in [4.78, 5) is 34.5. The number of hydrogen-bond acceptors (Lipinski definition) is 6. The van der Waals surface area contributed by atoms with Crippen LogP contribution >= 0.6 is 11.3 Å². The predicted molar refractivity (Wildman–Crippen MR) is 110 cm³/mol. The Bertz CT molecular complexity index is 891. The zero-order chi connectivity index (χ0) is 19.8. The number of fused-ring (bicyclic) bond motifs is 1. The molecule has 2 aliphatic rings. The van der Waals surface area contributed by atoms with E-state index < -0.39 is 11.9 Å². The Hall–Kier alpha value is -2.19. The molecule has 8 heteroatoms. The van der Waals surface area contributed by atoms with Gasteiger partial charge in [-0.25, -0.2) is 9.78 Å². The monoisotopic (exact) mass is 402 g/mol. The Morgan fingerprint density at radius 1 is 1.18 bits per heavy atom. The quantitative estimate of drug-likeness (QED) is 0.778. The highest BCUT2D eigenvalue weighted by Gasteiger charge is 2.34. The fraction of sp³-hybridized carbons (Fsp3) is 0.550. The van der Waals surface area contributed by atoms with Crippen LogP contribution in [0.15, 0.2) is 18.2 Å². The van der Waals surface area contributed by atoms with Crippen LogP contribution in [0.1, 0.15) is 31.4 Å². The molecule has 0 saturated carbocycles. The first kappa shape index (κ1) is 19.1. The maximum atomic E-state index is 12.2. The summed E-state index contributed by atoms with van der Waals surface area (Å²) in [6, 6.07) is 5.92. The highest BCUT2D eigenvalue weighted by Crippen LogP contribution is 2.36. The van der Waals surface area contributed by atoms with E-state index in [2.05, 4.69) is 29.8 Å². The van der Waals surface area contributed by atoms with E-state index in [-0.39, 0.29) is 6.04 Å². The largest absolute Gasteiger partial charge is 0.474 e. The third-order valence-electron chi connectivity index (χ3n) is 5.82. The zero-order valence-electron chi connectivity index (χ0n) is 16.3. The number of likely N-dealkylation sites (N-methyl/N-ethyl adjacent to an activating group) is 1. The van der Waals surface area contributed by atoms with Gasteiger partial charge in [-0.1, -0.05) is 24.3 Å². The van der Waals surface area contributed by atoms with E-state index in [9.17, 15) is 14.7 Å². The molecule has 2 unspecified atom stereocenters. The van der Waals surface area contributed by atoms with Gasteiger partial charge in [0.1, 0.15) is 0 Å². The lowest BCUT2D eigenvalue weighted by atomic mass is 9.89. The van der Waals surface area contributed by atoms with Crippen molar-refractivity contribution in [2.75, 3.05) is 44.7 Å². The molecule has 1 N–H and O–H groups in total. The Kier molecular flexibility index (Phi) is 5.25. The summed E-state index contributed by atoms with van der Waals surface area (Å²) in [5.41, 5.74) is 1.90. The van der Waals surface area contributed by atoms with Gasteiger partial charge in [0.2, 0.25) is 0 Å². The number of piperazine rings is 1. The van der Waals surface area contributed by atoms with Crippen LogP contribution in [0.2, 0.25) is 0 Å². The minimum atomic E-state index is -1.38. The van der Waals surface area contributed by atoms with Gasteiger partial charge < -0.3 is 19.8 Å². The first-order valence-electron chi connectivity index (χ1n) is 9.80. The minimum absolute atomic E-state index is 0.196. The summed E-state index contributed by atoms with van der Waals surface area (Å²) < 4.78 is 1.12. The minimum Gasteiger partial charge on any atom is -0.474 e. The fourth-order valence-corrected chi connectivity index (χ4v) is 5.12. The number of piperidine rings is 1. The van der Waals surface area contributed by atoms with Crippen LogP contribution in [0.4, 0.5) is 5.13 Å². The van der Waals surface area contributed by atoms with Crippen LogP contribution in [0, 0.1) is 5.92 Å². The van der Waals surface area contributed by atoms with Crippen LogP contribution in [0.3, 0.4) is 0 Å². The van der Waals surface area contributed by atoms with Gasteiger partial charge in [-0.2, -0.15) is 0 Å². The molecule has 2 atom stereocenters. The number of benzene rings is 1. The molecule has 1 amide bonds. The summed E-state index contributed by atoms with van der Waals surface area (Å²) >= 11 is 1.69. The Labute approximate surface area is 168 Å². The third kappa shape index (κ3) is 3.71. The number of thiazole rings is 1. The fourth-order valence-electron chi connectivity index (χ4n) is 4.12. The zero-order valence-corrected chi connectivity index (χ0v) is 17.1. The second-order valence-corrected chi connectivity index (χ2v) is 8.98. The van der Waals surface area contributed by atoms with Crippen molar-refractivity contribution in [1.29, 1.82) is 0 Å². The molecular formula is C20H26N4O3S. The van der Waals surface area contributed by atoms with Crippen LogP contribution in [-0.4, -0.2) is 71.5 Å². The number of amides is 1. The number of aliphatic carboxylic acids is 1. The highest BCUT2D eigenvalue weighted by molar-refractivity contribution is 7.22. The van der Waals surface area contributed by atoms with Gasteiger partial charge in [-0.3, -0.25) is 4.79 Å². The standard InChI is InChI=1S/C20H26N4O3S/c1-13-3-5-16(24(12-13)18(25)19(26)27)14-4-6-17-15(11-14)21-20(28-17)23-9-7-22(2)8-10-23/h4,6,11,13,16H,3,5,7-10,12H2,1-2H3,(H,26,27). The number of rotatable bonds is 2. The maximum absolute atomic E-state index is 12.2. The second-order valence-electron chi connectivity index (χ2n) is 7.97. The summed E-state index contributed by atoms with van der Waals surface area (Å²) in [7, 11) is 2.14. The van der Waals surface area contributed by atoms with Gasteiger partial charge in [0, 0.05) is 32.7 Å². The summed E-state index contributed by atoms with van der Waals surface area (Å²) in [5.74, 6) is -1.88. The number of nitrogens with zero attached hydrogens (tertiary/aromatic N) is 4. The van der Waals surface area contributed by atoms with E-state index in [0.29, 0.717) is 12.5 Å². The number of likely N-dealkylation sites (tertiary alicyclic amines) is 1. The molecule has 2 fully saturated rings. The molecule has 3 heterocycles. The topological polar surface area (TPSA) is 77.0 Å². The maximum Gasteiger partial charge on any atom is 0.394 e. The van der Waals surface area contributed by atoms with Gasteiger partial charge in [0.25, 0.3) is 0 Å². The normalized spacial score (nSPS) is 23.9. The van der Waals surface area contributed by atoms with Crippen molar-refractivity contribution in [2.45, 2.75) is 25.8 Å². The van der Waals surface area contributed by atoms with E-state index >= 15 is 0 Å². The molecule has 7 nitrogen and oxygen atoms in total. The highest BCUT2D eigenvalue weighted by atomic mass is 32.1. The number of carboxylic acids is 1. The van der Waals surface area contributed by atoms with Gasteiger partial charge in [-0.15, -0.1) is 0 Å². The number of hydrogen-bond donors (Lipinski definition) is 1. The van der Waals surface area contributed by atoms with Gasteiger partial charge in [0.15, 0.2) is 5.13 Å². The number of aromatic nitrogens is 1. The van der Waals surface area contributed by atoms with Crippen LogP contribution in [-0.2, 0) is 9.59 Å². The molecule has 150 valence electrons. The van der Waals surface area contributed by atoms with E-state index in [1.54, 1.807) is 11.3 Å². The van der Waals surface area contributed by atoms with Crippen molar-refractivity contribution in [3.05, 3.63) is 23.8 Å². The molecule has 28 heavy (non-hydrogen) atoms. The molecule has 1 aromatic carbocycles. The van der Waals surface area contributed by atoms with Gasteiger partial charge in [0.05, 0.1) is 16.3 Å². The number of carbonyl (C=O) groups excluding carboxylic acids is 1. The van der Waals surface area contributed by atoms with Crippen molar-refractivity contribution >= 4 is 38.6 Å². The Morgan fingerprint density at radius 2 is 1.93 bits per heavy atom. The van der Waals surface area contributed by atoms with Crippen LogP contribution < -0.4 is 4.90 Å². The lowest BCUT2D eigenvalue weighted by Crippen LogP contribution is -2.44. The average molecular weight is 403 g/mol. The Balaban J connectivity index is 1.61. The summed E-state index contributed by atoms with van der Waals surface area (Å²) in [6.45, 7) is 6.57. The van der Waals surface area contributed by atoms with Crippen molar-refractivity contribution in [1.82, 2.24) is 14.8 Å². The summed E-state index contributed by atoms with van der Waals surface area (Å²) in [5, 5.41) is 10.3. The SMILES string of the molecule is CC1CCC(c2ccc3sc(N4CCN(C)CC4)nc3c2)N(C(=O)C(=O)O)C1. The van der Waals surface area contributed by atoms with Crippen LogP contribution in [0.25, 0.3) is 10.2 Å². The average Bonchev–Trinajstić information content (AvgIpc) is 3.11. The van der Waals surface area contributed by atoms with E-state index in [1.165, 1.54) is 4.90 Å². The molecule has 1 aromatic heterocycles. The molecule has 4 rings (SSSR count). The second kappa shape index (κ2) is 7.67. The third-order valence-corrected chi connectivity index (χ3v) is 6.92. The van der Waals surface area contributed by atoms with E-state index in [0.717, 1.165) is 59.9 Å². The molecule has 0 aliphatic carbocycles. The van der Waals surface area contributed by atoms with Crippen molar-refractivity contribution in [3.8, 4) is 0 Å². The smallest absolute Gasteiger partial charge is 0.394 e. The first-order chi connectivity index (χ1) is 13.4.